The van der Waals surface area contributed by atoms with Crippen molar-refractivity contribution in [3.63, 3.8) is 0 Å². The van der Waals surface area contributed by atoms with E-state index in [0.717, 1.165) is 25.7 Å². The number of nitrogens with two attached hydrogens (primary N) is 1. The highest BCUT2D eigenvalue weighted by atomic mass is 19.4. The third-order valence-corrected chi connectivity index (χ3v) is 4.26. The lowest BCUT2D eigenvalue weighted by Gasteiger charge is -2.45. The van der Waals surface area contributed by atoms with E-state index in [9.17, 15) is 18.0 Å². The summed E-state index contributed by atoms with van der Waals surface area (Å²) in [5.74, 6) is 0.0263. The van der Waals surface area contributed by atoms with Gasteiger partial charge in [0.2, 0.25) is 5.91 Å². The van der Waals surface area contributed by atoms with Gasteiger partial charge >= 0.3 is 6.18 Å². The lowest BCUT2D eigenvalue weighted by atomic mass is 9.76. The van der Waals surface area contributed by atoms with Gasteiger partial charge in [0, 0.05) is 12.1 Å². The van der Waals surface area contributed by atoms with E-state index in [1.165, 1.54) is 0 Å². The third-order valence-electron chi connectivity index (χ3n) is 4.26. The number of carbonyl (C=O) groups excluding carboxylic acids is 1. The first-order chi connectivity index (χ1) is 9.18. The van der Waals surface area contributed by atoms with Gasteiger partial charge in [-0.15, -0.1) is 0 Å². The lowest BCUT2D eigenvalue weighted by Crippen LogP contribution is -2.56. The second-order valence-electron chi connectivity index (χ2n) is 5.86. The Morgan fingerprint density at radius 1 is 1.40 bits per heavy atom. The zero-order valence-electron chi connectivity index (χ0n) is 12.1. The Kier molecular flexibility index (Phi) is 5.82. The normalized spacial score (nSPS) is 27.6. The number of likely N-dealkylation sites (N-methyl/N-ethyl adjacent to an activating group) is 1. The van der Waals surface area contributed by atoms with Crippen LogP contribution in [0.5, 0.6) is 0 Å². The van der Waals surface area contributed by atoms with Gasteiger partial charge in [-0.05, 0) is 38.6 Å². The van der Waals surface area contributed by atoms with Crippen LogP contribution in [0.1, 0.15) is 32.6 Å². The van der Waals surface area contributed by atoms with Gasteiger partial charge in [0.05, 0.1) is 6.54 Å². The smallest absolute Gasteiger partial charge is 0.346 e. The molecule has 20 heavy (non-hydrogen) atoms. The van der Waals surface area contributed by atoms with E-state index in [1.54, 1.807) is 7.05 Å². The molecule has 0 bridgehead atoms. The number of nitrogens with one attached hydrogen (secondary N) is 1. The van der Waals surface area contributed by atoms with Crippen LogP contribution in [0.25, 0.3) is 0 Å². The molecule has 1 aliphatic carbocycles. The summed E-state index contributed by atoms with van der Waals surface area (Å²) in [5.41, 5.74) is 5.59. The predicted molar refractivity (Wildman–Crippen MR) is 71.1 cm³/mol. The van der Waals surface area contributed by atoms with Crippen LogP contribution >= 0.6 is 0 Å². The highest BCUT2D eigenvalue weighted by Gasteiger charge is 2.37. The second-order valence-corrected chi connectivity index (χ2v) is 5.86. The maximum atomic E-state index is 12.0. The van der Waals surface area contributed by atoms with Crippen LogP contribution in [-0.2, 0) is 4.79 Å². The second kappa shape index (κ2) is 6.76. The molecule has 4 nitrogen and oxygen atoms in total. The summed E-state index contributed by atoms with van der Waals surface area (Å²) in [6.45, 7) is 1.26. The van der Waals surface area contributed by atoms with E-state index in [4.69, 9.17) is 5.73 Å². The summed E-state index contributed by atoms with van der Waals surface area (Å²) in [6, 6.07) is 0. The number of nitrogens with zero attached hydrogens (tertiary/aromatic N) is 1. The number of halogens is 3. The minimum Gasteiger partial charge on any atom is -0.346 e. The fourth-order valence-electron chi connectivity index (χ4n) is 2.68. The van der Waals surface area contributed by atoms with Crippen molar-refractivity contribution in [2.75, 3.05) is 26.7 Å². The monoisotopic (exact) mass is 295 g/mol. The summed E-state index contributed by atoms with van der Waals surface area (Å²) >= 11 is 0. The summed E-state index contributed by atoms with van der Waals surface area (Å²) in [5, 5.41) is 1.90. The highest BCUT2D eigenvalue weighted by Crippen LogP contribution is 2.34. The van der Waals surface area contributed by atoms with Crippen LogP contribution in [0.2, 0.25) is 0 Å². The van der Waals surface area contributed by atoms with E-state index in [2.05, 4.69) is 6.92 Å². The van der Waals surface area contributed by atoms with Crippen molar-refractivity contribution in [1.29, 1.82) is 0 Å². The topological polar surface area (TPSA) is 58.4 Å². The summed E-state index contributed by atoms with van der Waals surface area (Å²) < 4.78 is 36.1. The van der Waals surface area contributed by atoms with E-state index >= 15 is 0 Å². The van der Waals surface area contributed by atoms with Crippen molar-refractivity contribution in [2.24, 2.45) is 11.7 Å². The molecule has 0 atom stereocenters. The zero-order valence-corrected chi connectivity index (χ0v) is 12.1. The molecule has 0 aromatic heterocycles. The lowest BCUT2D eigenvalue weighted by molar-refractivity contribution is -0.139. The Balaban J connectivity index is 2.51. The molecule has 1 fully saturated rings. The number of alkyl halides is 3. The van der Waals surface area contributed by atoms with E-state index in [1.807, 2.05) is 10.2 Å². The number of hydrogen-bond acceptors (Lipinski definition) is 3. The van der Waals surface area contributed by atoms with Gasteiger partial charge in [-0.2, -0.15) is 13.2 Å². The molecule has 1 saturated carbocycles. The van der Waals surface area contributed by atoms with Gasteiger partial charge in [-0.3, -0.25) is 9.69 Å². The summed E-state index contributed by atoms with van der Waals surface area (Å²) in [7, 11) is 1.76. The van der Waals surface area contributed by atoms with Crippen molar-refractivity contribution >= 4 is 5.91 Å². The van der Waals surface area contributed by atoms with Crippen LogP contribution in [0.15, 0.2) is 0 Å². The van der Waals surface area contributed by atoms with Crippen LogP contribution in [-0.4, -0.2) is 49.2 Å². The largest absolute Gasteiger partial charge is 0.405 e. The van der Waals surface area contributed by atoms with Crippen molar-refractivity contribution in [3.05, 3.63) is 0 Å². The van der Waals surface area contributed by atoms with Crippen LogP contribution in [0.4, 0.5) is 13.2 Å². The number of carbonyl (C=O) groups is 1. The summed E-state index contributed by atoms with van der Waals surface area (Å²) in [6.07, 6.45) is -0.543. The minimum atomic E-state index is -4.37. The van der Waals surface area contributed by atoms with Gasteiger partial charge < -0.3 is 11.1 Å². The van der Waals surface area contributed by atoms with Crippen molar-refractivity contribution in [3.8, 4) is 0 Å². The molecule has 0 spiro atoms. The Morgan fingerprint density at radius 2 is 1.95 bits per heavy atom. The standard InChI is InChI=1S/C13H24F3N3O/c1-10-3-5-12(8-17,6-4-10)19(2)7-11(20)18-9-13(14,15)16/h10H,3-9,17H2,1-2H3,(H,18,20). The van der Waals surface area contributed by atoms with Crippen LogP contribution in [0.3, 0.4) is 0 Å². The van der Waals surface area contributed by atoms with Crippen molar-refractivity contribution < 1.29 is 18.0 Å². The maximum Gasteiger partial charge on any atom is 0.405 e. The Hall–Kier alpha value is -0.820. The first-order valence-corrected chi connectivity index (χ1v) is 6.93. The first-order valence-electron chi connectivity index (χ1n) is 6.93. The Morgan fingerprint density at radius 3 is 2.40 bits per heavy atom. The van der Waals surface area contributed by atoms with Crippen molar-refractivity contribution in [2.45, 2.75) is 44.3 Å². The van der Waals surface area contributed by atoms with Crippen molar-refractivity contribution in [1.82, 2.24) is 10.2 Å². The van der Waals surface area contributed by atoms with Crippen LogP contribution in [0, 0.1) is 5.92 Å². The summed E-state index contributed by atoms with van der Waals surface area (Å²) in [4.78, 5) is 13.4. The molecule has 0 aliphatic heterocycles. The van der Waals surface area contributed by atoms with Crippen LogP contribution < -0.4 is 11.1 Å². The van der Waals surface area contributed by atoms with E-state index in [0.29, 0.717) is 12.5 Å². The molecule has 3 N–H and O–H groups in total. The van der Waals surface area contributed by atoms with Gasteiger partial charge in [0.1, 0.15) is 6.54 Å². The average Bonchev–Trinajstić information content (AvgIpc) is 2.37. The molecule has 118 valence electrons. The molecule has 0 heterocycles. The molecule has 0 unspecified atom stereocenters. The van der Waals surface area contributed by atoms with E-state index in [-0.39, 0.29) is 12.1 Å². The number of rotatable bonds is 5. The molecule has 1 amide bonds. The van der Waals surface area contributed by atoms with Gasteiger partial charge in [0.15, 0.2) is 0 Å². The van der Waals surface area contributed by atoms with Gasteiger partial charge in [-0.25, -0.2) is 0 Å². The highest BCUT2D eigenvalue weighted by molar-refractivity contribution is 5.78. The minimum absolute atomic E-state index is 0.0539. The molecule has 7 heteroatoms. The SMILES string of the molecule is CC1CCC(CN)(N(C)CC(=O)NCC(F)(F)F)CC1. The molecular formula is C13H24F3N3O. The predicted octanol–water partition coefficient (Wildman–Crippen LogP) is 1.50. The molecule has 1 aliphatic rings. The molecule has 0 aromatic rings. The first kappa shape index (κ1) is 17.2. The maximum absolute atomic E-state index is 12.0. The van der Waals surface area contributed by atoms with E-state index < -0.39 is 18.6 Å². The number of amides is 1. The zero-order chi connectivity index (χ0) is 15.4. The van der Waals surface area contributed by atoms with Gasteiger partial charge in [0.25, 0.3) is 0 Å². The van der Waals surface area contributed by atoms with Gasteiger partial charge in [-0.1, -0.05) is 6.92 Å². The Bertz CT molecular complexity index is 325. The molecule has 0 aromatic carbocycles. The fourth-order valence-corrected chi connectivity index (χ4v) is 2.68. The number of hydrogen-bond donors (Lipinski definition) is 2. The fraction of sp³-hybridized carbons (Fsp3) is 0.923. The third kappa shape index (κ3) is 4.94. The Labute approximate surface area is 117 Å². The molecule has 1 rings (SSSR count). The molecule has 0 saturated heterocycles. The molecule has 0 radical (unpaired) electrons. The quantitative estimate of drug-likeness (QED) is 0.808. The average molecular weight is 295 g/mol. The molecular weight excluding hydrogens is 271 g/mol.